The number of thiophene rings is 1. The Morgan fingerprint density at radius 1 is 1.12 bits per heavy atom. The maximum Gasteiger partial charge on any atom is 0.341 e. The Hall–Kier alpha value is -3.49. The molecule has 0 aliphatic rings. The second kappa shape index (κ2) is 11.1. The maximum atomic E-state index is 12.5. The minimum Gasteiger partial charge on any atom is -0.462 e. The number of thiocarbonyl (C=S) groups is 1. The van der Waals surface area contributed by atoms with Crippen LogP contribution in [-0.2, 0) is 17.7 Å². The van der Waals surface area contributed by atoms with Crippen molar-refractivity contribution in [3.8, 4) is 0 Å². The van der Waals surface area contributed by atoms with Gasteiger partial charge in [-0.3, -0.25) is 4.68 Å². The molecule has 4 rings (SSSR count). The molecule has 4 aromatic rings. The van der Waals surface area contributed by atoms with Gasteiger partial charge in [-0.05, 0) is 48.8 Å². The number of rotatable bonds is 8. The van der Waals surface area contributed by atoms with Gasteiger partial charge in [0.1, 0.15) is 5.00 Å². The highest BCUT2D eigenvalue weighted by molar-refractivity contribution is 7.80. The zero-order valence-corrected chi connectivity index (χ0v) is 20.7. The molecule has 34 heavy (non-hydrogen) atoms. The fourth-order valence-electron chi connectivity index (χ4n) is 3.52. The number of hydrogen-bond donors (Lipinski definition) is 2. The second-order valence-corrected chi connectivity index (χ2v) is 9.32. The molecule has 0 unspecified atom stereocenters. The molecule has 0 spiro atoms. The van der Waals surface area contributed by atoms with E-state index in [4.69, 9.17) is 17.0 Å². The van der Waals surface area contributed by atoms with Crippen molar-refractivity contribution < 1.29 is 9.53 Å². The van der Waals surface area contributed by atoms with Crippen LogP contribution in [0.4, 0.5) is 10.7 Å². The minimum atomic E-state index is -0.366. The summed E-state index contributed by atoms with van der Waals surface area (Å²) < 4.78 is 7.11. The lowest BCUT2D eigenvalue weighted by Gasteiger charge is -2.09. The van der Waals surface area contributed by atoms with Gasteiger partial charge in [0.05, 0.1) is 30.6 Å². The van der Waals surface area contributed by atoms with Gasteiger partial charge in [-0.15, -0.1) is 11.3 Å². The molecule has 6 nitrogen and oxygen atoms in total. The quantitative estimate of drug-likeness (QED) is 0.238. The zero-order valence-electron chi connectivity index (χ0n) is 19.1. The van der Waals surface area contributed by atoms with E-state index in [1.54, 1.807) is 13.1 Å². The first-order valence-corrected chi connectivity index (χ1v) is 12.2. The van der Waals surface area contributed by atoms with E-state index in [0.29, 0.717) is 28.8 Å². The van der Waals surface area contributed by atoms with Crippen LogP contribution in [0.15, 0.2) is 73.1 Å². The Bertz CT molecular complexity index is 1280. The highest BCUT2D eigenvalue weighted by atomic mass is 32.1. The van der Waals surface area contributed by atoms with E-state index in [1.165, 1.54) is 28.0 Å². The monoisotopic (exact) mass is 490 g/mol. The number of carbonyl (C=O) groups excluding carboxylic acids is 1. The van der Waals surface area contributed by atoms with Crippen molar-refractivity contribution in [2.45, 2.75) is 26.8 Å². The Balaban J connectivity index is 1.45. The molecule has 0 bridgehead atoms. The standard InChI is InChI=1S/C26H26N4O2S2/c1-3-32-25(31)23-14-22(13-19-10-5-4-6-11-19)34-24(23)29-26(33)28-21-15-27-30(17-21)16-20-12-8-7-9-18(20)2/h4-12,14-15,17H,3,13,16H2,1-2H3,(H2,28,29,33). The number of esters is 1. The molecule has 0 amide bonds. The van der Waals surface area contributed by atoms with Gasteiger partial charge >= 0.3 is 5.97 Å². The van der Waals surface area contributed by atoms with E-state index in [1.807, 2.05) is 47.3 Å². The first-order chi connectivity index (χ1) is 16.5. The third-order valence-corrected chi connectivity index (χ3v) is 6.47. The third kappa shape index (κ3) is 6.09. The fourth-order valence-corrected chi connectivity index (χ4v) is 4.89. The Morgan fingerprint density at radius 3 is 2.65 bits per heavy atom. The number of nitrogens with one attached hydrogen (secondary N) is 2. The van der Waals surface area contributed by atoms with E-state index in [0.717, 1.165) is 17.0 Å². The molecule has 0 radical (unpaired) electrons. The number of carbonyl (C=O) groups is 1. The van der Waals surface area contributed by atoms with Gasteiger partial charge in [0.25, 0.3) is 0 Å². The molecule has 0 atom stereocenters. The normalized spacial score (nSPS) is 10.6. The molecular weight excluding hydrogens is 464 g/mol. The lowest BCUT2D eigenvalue weighted by Crippen LogP contribution is -2.19. The molecule has 0 saturated carbocycles. The molecule has 2 aromatic heterocycles. The summed E-state index contributed by atoms with van der Waals surface area (Å²) in [5.74, 6) is -0.366. The molecule has 2 N–H and O–H groups in total. The molecule has 2 heterocycles. The molecule has 8 heteroatoms. The van der Waals surface area contributed by atoms with Crippen LogP contribution in [0, 0.1) is 6.92 Å². The molecule has 0 fully saturated rings. The molecule has 0 saturated heterocycles. The van der Waals surface area contributed by atoms with Gasteiger partial charge in [0.2, 0.25) is 0 Å². The van der Waals surface area contributed by atoms with Crippen molar-refractivity contribution in [3.63, 3.8) is 0 Å². The minimum absolute atomic E-state index is 0.310. The van der Waals surface area contributed by atoms with Crippen LogP contribution < -0.4 is 10.6 Å². The number of anilines is 2. The Kier molecular flexibility index (Phi) is 7.72. The second-order valence-electron chi connectivity index (χ2n) is 7.77. The van der Waals surface area contributed by atoms with Crippen molar-refractivity contribution in [2.75, 3.05) is 17.2 Å². The molecule has 0 aliphatic heterocycles. The first-order valence-electron chi connectivity index (χ1n) is 11.0. The Labute approximate surface area is 208 Å². The van der Waals surface area contributed by atoms with Crippen molar-refractivity contribution in [1.29, 1.82) is 0 Å². The molecule has 0 aliphatic carbocycles. The zero-order chi connectivity index (χ0) is 23.9. The van der Waals surface area contributed by atoms with Crippen molar-refractivity contribution >= 4 is 45.3 Å². The summed E-state index contributed by atoms with van der Waals surface area (Å²) in [6.45, 7) is 4.87. The van der Waals surface area contributed by atoms with Crippen molar-refractivity contribution in [2.24, 2.45) is 0 Å². The van der Waals surface area contributed by atoms with Crippen LogP contribution in [-0.4, -0.2) is 27.5 Å². The summed E-state index contributed by atoms with van der Waals surface area (Å²) in [6.07, 6.45) is 4.36. The first kappa shape index (κ1) is 23.7. The lowest BCUT2D eigenvalue weighted by molar-refractivity contribution is 0.0528. The summed E-state index contributed by atoms with van der Waals surface area (Å²) >= 11 is 7.02. The van der Waals surface area contributed by atoms with Crippen LogP contribution >= 0.6 is 23.6 Å². The van der Waals surface area contributed by atoms with E-state index in [-0.39, 0.29) is 5.97 Å². The SMILES string of the molecule is CCOC(=O)c1cc(Cc2ccccc2)sc1NC(=S)Nc1cnn(Cc2ccccc2C)c1. The van der Waals surface area contributed by atoms with Crippen molar-refractivity contribution in [1.82, 2.24) is 9.78 Å². The van der Waals surface area contributed by atoms with Crippen LogP contribution in [0.2, 0.25) is 0 Å². The van der Waals surface area contributed by atoms with Gasteiger partial charge in [-0.1, -0.05) is 54.6 Å². The summed E-state index contributed by atoms with van der Waals surface area (Å²) in [6, 6.07) is 20.2. The van der Waals surface area contributed by atoms with E-state index >= 15 is 0 Å². The van der Waals surface area contributed by atoms with Gasteiger partial charge in [-0.2, -0.15) is 5.10 Å². The average Bonchev–Trinajstić information content (AvgIpc) is 3.42. The van der Waals surface area contributed by atoms with Gasteiger partial charge in [0.15, 0.2) is 5.11 Å². The van der Waals surface area contributed by atoms with Crippen LogP contribution in [0.1, 0.15) is 38.8 Å². The fraction of sp³-hybridized carbons (Fsp3) is 0.192. The van der Waals surface area contributed by atoms with E-state index < -0.39 is 0 Å². The topological polar surface area (TPSA) is 68.2 Å². The molecule has 174 valence electrons. The summed E-state index contributed by atoms with van der Waals surface area (Å²) in [4.78, 5) is 13.6. The third-order valence-electron chi connectivity index (χ3n) is 5.21. The van der Waals surface area contributed by atoms with E-state index in [9.17, 15) is 4.79 Å². The highest BCUT2D eigenvalue weighted by Crippen LogP contribution is 2.31. The number of hydrogen-bond acceptors (Lipinski definition) is 5. The van der Waals surface area contributed by atoms with Crippen LogP contribution in [0.25, 0.3) is 0 Å². The molecular formula is C26H26N4O2S2. The largest absolute Gasteiger partial charge is 0.462 e. The van der Waals surface area contributed by atoms with E-state index in [2.05, 4.69) is 46.9 Å². The number of ether oxygens (including phenoxy) is 1. The summed E-state index contributed by atoms with van der Waals surface area (Å²) in [5, 5.41) is 11.8. The highest BCUT2D eigenvalue weighted by Gasteiger charge is 2.18. The van der Waals surface area contributed by atoms with Crippen molar-refractivity contribution in [3.05, 3.63) is 100 Å². The number of aryl methyl sites for hydroxylation is 1. The number of aromatic nitrogens is 2. The maximum absolute atomic E-state index is 12.5. The predicted molar refractivity (Wildman–Crippen MR) is 142 cm³/mol. The summed E-state index contributed by atoms with van der Waals surface area (Å²) in [5.41, 5.74) is 4.86. The van der Waals surface area contributed by atoms with Crippen LogP contribution in [0.5, 0.6) is 0 Å². The predicted octanol–water partition coefficient (Wildman–Crippen LogP) is 5.88. The lowest BCUT2D eigenvalue weighted by atomic mass is 10.1. The average molecular weight is 491 g/mol. The summed E-state index contributed by atoms with van der Waals surface area (Å²) in [7, 11) is 0. The van der Waals surface area contributed by atoms with Gasteiger partial charge < -0.3 is 15.4 Å². The van der Waals surface area contributed by atoms with Crippen LogP contribution in [0.3, 0.4) is 0 Å². The smallest absolute Gasteiger partial charge is 0.341 e. The van der Waals surface area contributed by atoms with Gasteiger partial charge in [0, 0.05) is 17.5 Å². The van der Waals surface area contributed by atoms with Gasteiger partial charge in [-0.25, -0.2) is 4.79 Å². The Morgan fingerprint density at radius 2 is 1.88 bits per heavy atom. The molecule has 2 aromatic carbocycles. The number of nitrogens with zero attached hydrogens (tertiary/aromatic N) is 2. The number of benzene rings is 2.